The molecule has 0 nitrogen and oxygen atoms in total. The Morgan fingerprint density at radius 2 is 0.638 bits per heavy atom. The third-order valence-electron chi connectivity index (χ3n) is 9.80. The summed E-state index contributed by atoms with van der Waals surface area (Å²) in [6.45, 7) is 9.20. The average molecular weight is 625 g/mol. The molecule has 0 bridgehead atoms. The van der Waals surface area contributed by atoms with E-state index < -0.39 is 0 Å². The Morgan fingerprint density at radius 3 is 0.957 bits per heavy atom. The van der Waals surface area contributed by atoms with Crippen LogP contribution in [0.2, 0.25) is 0 Å². The first kappa shape index (κ1) is 36.2. The number of hydrogen-bond donors (Lipinski definition) is 0. The van der Waals surface area contributed by atoms with Crippen molar-refractivity contribution < 1.29 is 0 Å². The molecular weight excluding hydrogens is 565 g/mol. The third kappa shape index (κ3) is 12.5. The largest absolute Gasteiger partial charge is 0.0654 e. The van der Waals surface area contributed by atoms with Gasteiger partial charge in [0.05, 0.1) is 0 Å². The van der Waals surface area contributed by atoms with Gasteiger partial charge in [0.2, 0.25) is 0 Å². The number of aryl methyl sites for hydroxylation is 2. The van der Waals surface area contributed by atoms with Gasteiger partial charge in [-0.2, -0.15) is 0 Å². The summed E-state index contributed by atoms with van der Waals surface area (Å²) in [7, 11) is 0. The minimum Gasteiger partial charge on any atom is -0.0654 e. The molecule has 248 valence electrons. The van der Waals surface area contributed by atoms with E-state index in [4.69, 9.17) is 0 Å². The van der Waals surface area contributed by atoms with Gasteiger partial charge < -0.3 is 0 Å². The smallest absolute Gasteiger partial charge is 0.0146 e. The Kier molecular flexibility index (Phi) is 15.3. The number of hydrogen-bond acceptors (Lipinski definition) is 0. The molecule has 0 N–H and O–H groups in total. The molecule has 0 saturated carbocycles. The van der Waals surface area contributed by atoms with Gasteiger partial charge in [0.15, 0.2) is 0 Å². The lowest BCUT2D eigenvalue weighted by Crippen LogP contribution is -2.18. The first-order valence-corrected chi connectivity index (χ1v) is 18.7. The predicted molar refractivity (Wildman–Crippen MR) is 210 cm³/mol. The Hall–Kier alpha value is -3.64. The van der Waals surface area contributed by atoms with Crippen molar-refractivity contribution in [2.45, 2.75) is 123 Å². The van der Waals surface area contributed by atoms with E-state index in [1.54, 1.807) is 0 Å². The predicted octanol–water partition coefficient (Wildman–Crippen LogP) is 14.2. The molecule has 0 unspecified atom stereocenters. The Labute approximate surface area is 288 Å². The summed E-state index contributed by atoms with van der Waals surface area (Å²) in [6, 6.07) is 36.3. The second-order valence-corrected chi connectivity index (χ2v) is 14.1. The summed E-state index contributed by atoms with van der Waals surface area (Å²) in [5.41, 5.74) is 10.5. The van der Waals surface area contributed by atoms with E-state index in [2.05, 4.69) is 149 Å². The summed E-state index contributed by atoms with van der Waals surface area (Å²) in [5, 5.41) is 0. The van der Waals surface area contributed by atoms with Crippen molar-refractivity contribution >= 4 is 24.3 Å². The molecule has 0 fully saturated rings. The summed E-state index contributed by atoms with van der Waals surface area (Å²) in [6.07, 6.45) is 27.5. The molecule has 4 rings (SSSR count). The highest BCUT2D eigenvalue weighted by molar-refractivity contribution is 5.71. The molecule has 0 amide bonds. The molecule has 0 aromatic heterocycles. The molecule has 0 heterocycles. The van der Waals surface area contributed by atoms with E-state index in [0.29, 0.717) is 0 Å². The third-order valence-corrected chi connectivity index (χ3v) is 9.80. The van der Waals surface area contributed by atoms with Gasteiger partial charge in [-0.25, -0.2) is 0 Å². The fourth-order valence-electron chi connectivity index (χ4n) is 6.38. The van der Waals surface area contributed by atoms with Crippen LogP contribution in [0.25, 0.3) is 24.3 Å². The highest BCUT2D eigenvalue weighted by Crippen LogP contribution is 2.32. The number of benzene rings is 4. The Bertz CT molecular complexity index is 1350. The van der Waals surface area contributed by atoms with E-state index in [0.717, 1.165) is 0 Å². The van der Waals surface area contributed by atoms with Gasteiger partial charge in [-0.1, -0.05) is 213 Å². The van der Waals surface area contributed by atoms with Gasteiger partial charge in [0.1, 0.15) is 0 Å². The molecule has 0 spiro atoms. The highest BCUT2D eigenvalue weighted by Gasteiger charge is 2.22. The first-order chi connectivity index (χ1) is 23.0. The molecule has 0 atom stereocenters. The highest BCUT2D eigenvalue weighted by atomic mass is 14.3. The first-order valence-electron chi connectivity index (χ1n) is 18.7. The van der Waals surface area contributed by atoms with Gasteiger partial charge in [-0.05, 0) is 70.2 Å². The minimum absolute atomic E-state index is 0.0673. The number of rotatable bonds is 20. The van der Waals surface area contributed by atoms with Crippen molar-refractivity contribution in [2.75, 3.05) is 0 Å². The lowest BCUT2D eigenvalue weighted by molar-refractivity contribution is 0.607. The zero-order valence-corrected chi connectivity index (χ0v) is 29.9. The standard InChI is InChI=1S/C47H60/c1-5-7-9-11-13-15-17-39-19-23-41(24-20-39)27-29-43-31-35-45(36-32-43)47(3,4)46-37-33-44(34-38-46)30-28-42-25-21-40(22-26-42)18-16-14-12-10-8-6-2/h19-38H,5-18H2,1-4H3. The Balaban J connectivity index is 1.25. The normalized spacial score (nSPS) is 12.0. The lowest BCUT2D eigenvalue weighted by atomic mass is 9.78. The quantitative estimate of drug-likeness (QED) is 0.0678. The maximum atomic E-state index is 2.32. The van der Waals surface area contributed by atoms with Gasteiger partial charge in [-0.3, -0.25) is 0 Å². The van der Waals surface area contributed by atoms with Crippen LogP contribution in [0.1, 0.15) is 149 Å². The SMILES string of the molecule is CCCCCCCCc1ccc(C=Cc2ccc(C(C)(C)c3ccc(C=Cc4ccc(CCCCCCCC)cc4)cc3)cc2)cc1. The van der Waals surface area contributed by atoms with Crippen LogP contribution in [0.15, 0.2) is 97.1 Å². The summed E-state index contributed by atoms with van der Waals surface area (Å²) >= 11 is 0. The molecule has 47 heavy (non-hydrogen) atoms. The Morgan fingerprint density at radius 1 is 0.362 bits per heavy atom. The van der Waals surface area contributed by atoms with Crippen LogP contribution in [-0.2, 0) is 18.3 Å². The molecule has 0 radical (unpaired) electrons. The lowest BCUT2D eigenvalue weighted by Gasteiger charge is -2.26. The van der Waals surface area contributed by atoms with E-state index in [-0.39, 0.29) is 5.41 Å². The fourth-order valence-corrected chi connectivity index (χ4v) is 6.38. The molecule has 0 aliphatic heterocycles. The molecular formula is C47H60. The van der Waals surface area contributed by atoms with Crippen LogP contribution in [0.5, 0.6) is 0 Å². The van der Waals surface area contributed by atoms with Crippen LogP contribution in [0.3, 0.4) is 0 Å². The fraction of sp³-hybridized carbons (Fsp3) is 0.404. The second-order valence-electron chi connectivity index (χ2n) is 14.1. The topological polar surface area (TPSA) is 0 Å². The average Bonchev–Trinajstić information content (AvgIpc) is 3.11. The van der Waals surface area contributed by atoms with Crippen molar-refractivity contribution in [3.05, 3.63) is 142 Å². The zero-order valence-electron chi connectivity index (χ0n) is 29.9. The zero-order chi connectivity index (χ0) is 33.2. The summed E-state index contributed by atoms with van der Waals surface area (Å²) < 4.78 is 0. The van der Waals surface area contributed by atoms with Crippen LogP contribution >= 0.6 is 0 Å². The summed E-state index contributed by atoms with van der Waals surface area (Å²) in [4.78, 5) is 0. The van der Waals surface area contributed by atoms with E-state index in [9.17, 15) is 0 Å². The van der Waals surface area contributed by atoms with Crippen molar-refractivity contribution in [2.24, 2.45) is 0 Å². The van der Waals surface area contributed by atoms with Gasteiger partial charge >= 0.3 is 0 Å². The van der Waals surface area contributed by atoms with Crippen molar-refractivity contribution in [3.63, 3.8) is 0 Å². The minimum atomic E-state index is -0.0673. The van der Waals surface area contributed by atoms with Crippen molar-refractivity contribution in [1.29, 1.82) is 0 Å². The maximum Gasteiger partial charge on any atom is 0.0146 e. The molecule has 0 aliphatic carbocycles. The van der Waals surface area contributed by atoms with Gasteiger partial charge in [0, 0.05) is 5.41 Å². The maximum absolute atomic E-state index is 2.32. The van der Waals surface area contributed by atoms with Crippen molar-refractivity contribution in [1.82, 2.24) is 0 Å². The molecule has 4 aromatic carbocycles. The van der Waals surface area contributed by atoms with E-state index in [1.165, 1.54) is 134 Å². The van der Waals surface area contributed by atoms with Gasteiger partial charge in [0.25, 0.3) is 0 Å². The van der Waals surface area contributed by atoms with Crippen molar-refractivity contribution in [3.8, 4) is 0 Å². The molecule has 0 saturated heterocycles. The van der Waals surface area contributed by atoms with Crippen LogP contribution < -0.4 is 0 Å². The molecule has 4 aromatic rings. The van der Waals surface area contributed by atoms with E-state index >= 15 is 0 Å². The van der Waals surface area contributed by atoms with Gasteiger partial charge in [-0.15, -0.1) is 0 Å². The monoisotopic (exact) mass is 624 g/mol. The summed E-state index contributed by atoms with van der Waals surface area (Å²) in [5.74, 6) is 0. The van der Waals surface area contributed by atoms with E-state index in [1.807, 2.05) is 0 Å². The molecule has 0 heteroatoms. The van der Waals surface area contributed by atoms with Crippen LogP contribution in [0.4, 0.5) is 0 Å². The van der Waals surface area contributed by atoms with Crippen LogP contribution in [0, 0.1) is 0 Å². The van der Waals surface area contributed by atoms with Crippen LogP contribution in [-0.4, -0.2) is 0 Å². The second kappa shape index (κ2) is 19.9. The number of unbranched alkanes of at least 4 members (excludes halogenated alkanes) is 10. The molecule has 0 aliphatic rings.